The van der Waals surface area contributed by atoms with E-state index in [2.05, 4.69) is 44.4 Å². The zero-order chi connectivity index (χ0) is 26.2. The summed E-state index contributed by atoms with van der Waals surface area (Å²) in [5, 5.41) is 3.48. The molecule has 8 nitrogen and oxygen atoms in total. The van der Waals surface area contributed by atoms with Crippen molar-refractivity contribution in [1.29, 1.82) is 0 Å². The van der Waals surface area contributed by atoms with Gasteiger partial charge < -0.3 is 9.80 Å². The molecule has 0 spiro atoms. The average molecular weight is 516 g/mol. The summed E-state index contributed by atoms with van der Waals surface area (Å²) in [5.41, 5.74) is 4.13. The minimum Gasteiger partial charge on any atom is -0.369 e. The lowest BCUT2D eigenvalue weighted by molar-refractivity contribution is -0.136. The lowest BCUT2D eigenvalue weighted by Crippen LogP contribution is -2.52. The average Bonchev–Trinajstić information content (AvgIpc) is 3.24. The minimum absolute atomic E-state index is 0.192. The van der Waals surface area contributed by atoms with Gasteiger partial charge in [0.1, 0.15) is 11.9 Å². The van der Waals surface area contributed by atoms with Crippen LogP contribution < -0.4 is 10.2 Å². The van der Waals surface area contributed by atoms with Gasteiger partial charge in [0.2, 0.25) is 11.8 Å². The molecule has 3 aliphatic heterocycles. The van der Waals surface area contributed by atoms with Gasteiger partial charge in [0.05, 0.1) is 5.52 Å². The van der Waals surface area contributed by atoms with Crippen LogP contribution in [-0.4, -0.2) is 71.3 Å². The van der Waals surface area contributed by atoms with Crippen LogP contribution in [0.1, 0.15) is 40.7 Å². The zero-order valence-electron chi connectivity index (χ0n) is 21.2. The molecule has 2 aromatic carbocycles. The number of fused-ring (bicyclic) bond motifs is 2. The highest BCUT2D eigenvalue weighted by atomic mass is 19.1. The van der Waals surface area contributed by atoms with E-state index in [-0.39, 0.29) is 31.2 Å². The Morgan fingerprint density at radius 3 is 2.68 bits per heavy atom. The van der Waals surface area contributed by atoms with E-state index in [4.69, 9.17) is 0 Å². The molecule has 3 aromatic rings. The Morgan fingerprint density at radius 2 is 1.87 bits per heavy atom. The van der Waals surface area contributed by atoms with Crippen molar-refractivity contribution in [2.24, 2.45) is 0 Å². The van der Waals surface area contributed by atoms with E-state index >= 15 is 0 Å². The van der Waals surface area contributed by atoms with Crippen LogP contribution in [0.2, 0.25) is 0 Å². The number of amides is 3. The predicted molar refractivity (Wildman–Crippen MR) is 141 cm³/mol. The first-order chi connectivity index (χ1) is 18.5. The van der Waals surface area contributed by atoms with Crippen LogP contribution in [0, 0.1) is 5.82 Å². The Balaban J connectivity index is 1.07. The number of aryl methyl sites for hydroxylation is 1. The number of halogens is 1. The Hall–Kier alpha value is -3.85. The summed E-state index contributed by atoms with van der Waals surface area (Å²) >= 11 is 0. The number of anilines is 1. The normalized spacial score (nSPS) is 20.2. The molecule has 0 saturated carbocycles. The van der Waals surface area contributed by atoms with Gasteiger partial charge in [-0.2, -0.15) is 0 Å². The van der Waals surface area contributed by atoms with Gasteiger partial charge in [-0.1, -0.05) is 12.1 Å². The maximum absolute atomic E-state index is 14.6. The molecule has 9 heteroatoms. The number of carbonyl (C=O) groups is 3. The highest BCUT2D eigenvalue weighted by Gasteiger charge is 2.41. The molecule has 2 fully saturated rings. The number of piperazine rings is 1. The molecule has 1 atom stereocenters. The molecule has 196 valence electrons. The van der Waals surface area contributed by atoms with Gasteiger partial charge in [0.25, 0.3) is 5.91 Å². The first-order valence-electron chi connectivity index (χ1n) is 13.2. The van der Waals surface area contributed by atoms with E-state index in [0.717, 1.165) is 67.7 Å². The summed E-state index contributed by atoms with van der Waals surface area (Å²) in [6.07, 6.45) is 4.35. The second-order valence-corrected chi connectivity index (χ2v) is 10.3. The van der Waals surface area contributed by atoms with Crippen molar-refractivity contribution in [3.63, 3.8) is 0 Å². The molecule has 2 saturated heterocycles. The summed E-state index contributed by atoms with van der Waals surface area (Å²) in [4.78, 5) is 47.5. The minimum atomic E-state index is -0.709. The van der Waals surface area contributed by atoms with Crippen LogP contribution in [0.25, 0.3) is 10.9 Å². The van der Waals surface area contributed by atoms with Crippen molar-refractivity contribution < 1.29 is 18.8 Å². The van der Waals surface area contributed by atoms with Gasteiger partial charge in [0.15, 0.2) is 0 Å². The third-order valence-electron chi connectivity index (χ3n) is 7.92. The first-order valence-corrected chi connectivity index (χ1v) is 13.2. The highest BCUT2D eigenvalue weighted by molar-refractivity contribution is 6.06. The predicted octanol–water partition coefficient (Wildman–Crippen LogP) is 2.89. The van der Waals surface area contributed by atoms with E-state index < -0.39 is 17.8 Å². The standard InChI is InChI=1S/C29H30FN5O3/c30-21-16-22-23(18-35(29(22)38)25-7-8-27(36)32-28(25)37)26(17-21)34-13-11-33(12-14-34)10-2-3-19-5-6-24-20(15-19)4-1-9-31-24/h1,4-6,9,15-17,25H,2-3,7-8,10-14,18H2,(H,32,36,37). The van der Waals surface area contributed by atoms with Crippen LogP contribution in [0.3, 0.4) is 0 Å². The van der Waals surface area contributed by atoms with Crippen LogP contribution in [0.15, 0.2) is 48.7 Å². The number of nitrogens with one attached hydrogen (secondary N) is 1. The van der Waals surface area contributed by atoms with Gasteiger partial charge in [-0.3, -0.25) is 29.6 Å². The van der Waals surface area contributed by atoms with Gasteiger partial charge >= 0.3 is 0 Å². The number of hydrogen-bond acceptors (Lipinski definition) is 6. The lowest BCUT2D eigenvalue weighted by Gasteiger charge is -2.37. The Kier molecular flexibility index (Phi) is 6.53. The lowest BCUT2D eigenvalue weighted by atomic mass is 10.0. The van der Waals surface area contributed by atoms with Crippen molar-refractivity contribution >= 4 is 34.3 Å². The van der Waals surface area contributed by atoms with E-state index in [1.165, 1.54) is 22.6 Å². The molecule has 0 radical (unpaired) electrons. The van der Waals surface area contributed by atoms with Crippen LogP contribution in [0.5, 0.6) is 0 Å². The van der Waals surface area contributed by atoms with E-state index in [1.807, 2.05) is 12.3 Å². The number of piperidine rings is 1. The molecule has 1 aromatic heterocycles. The number of benzene rings is 2. The Morgan fingerprint density at radius 1 is 1.03 bits per heavy atom. The SMILES string of the molecule is O=C1CCC(N2Cc3c(cc(F)cc3N3CCN(CCCc4ccc5ncccc5c4)CC3)C2=O)C(=O)N1. The molecule has 6 rings (SSSR count). The van der Waals surface area contributed by atoms with Crippen LogP contribution in [-0.2, 0) is 22.6 Å². The summed E-state index contributed by atoms with van der Waals surface area (Å²) in [7, 11) is 0. The van der Waals surface area contributed by atoms with E-state index in [9.17, 15) is 18.8 Å². The quantitative estimate of drug-likeness (QED) is 0.509. The molecule has 3 amide bonds. The fourth-order valence-corrected chi connectivity index (χ4v) is 5.89. The molecule has 38 heavy (non-hydrogen) atoms. The van der Waals surface area contributed by atoms with Crippen LogP contribution in [0.4, 0.5) is 10.1 Å². The third-order valence-corrected chi connectivity index (χ3v) is 7.92. The molecule has 1 unspecified atom stereocenters. The summed E-state index contributed by atoms with van der Waals surface area (Å²) < 4.78 is 14.6. The topological polar surface area (TPSA) is 85.9 Å². The molecule has 1 N–H and O–H groups in total. The second-order valence-electron chi connectivity index (χ2n) is 10.3. The fourth-order valence-electron chi connectivity index (χ4n) is 5.89. The number of imide groups is 1. The zero-order valence-corrected chi connectivity index (χ0v) is 21.2. The maximum atomic E-state index is 14.6. The Bertz CT molecular complexity index is 1420. The largest absolute Gasteiger partial charge is 0.369 e. The monoisotopic (exact) mass is 515 g/mol. The van der Waals surface area contributed by atoms with Crippen molar-refractivity contribution in [3.05, 3.63) is 71.2 Å². The maximum Gasteiger partial charge on any atom is 0.255 e. The summed E-state index contributed by atoms with van der Waals surface area (Å²) in [5.74, 6) is -1.59. The molecule has 3 aliphatic rings. The van der Waals surface area contributed by atoms with Gasteiger partial charge in [-0.15, -0.1) is 0 Å². The Labute approximate surface area is 220 Å². The number of carbonyl (C=O) groups excluding carboxylic acids is 3. The third kappa shape index (κ3) is 4.74. The highest BCUT2D eigenvalue weighted by Crippen LogP contribution is 2.35. The van der Waals surface area contributed by atoms with Crippen molar-refractivity contribution in [2.45, 2.75) is 38.3 Å². The van der Waals surface area contributed by atoms with Gasteiger partial charge in [0, 0.05) is 67.5 Å². The smallest absolute Gasteiger partial charge is 0.255 e. The van der Waals surface area contributed by atoms with Gasteiger partial charge in [-0.05, 0) is 61.7 Å². The fraction of sp³-hybridized carbons (Fsp3) is 0.379. The second kappa shape index (κ2) is 10.1. The first kappa shape index (κ1) is 24.5. The molecular weight excluding hydrogens is 485 g/mol. The number of rotatable bonds is 6. The number of hydrogen-bond donors (Lipinski definition) is 1. The van der Waals surface area contributed by atoms with Gasteiger partial charge in [-0.25, -0.2) is 4.39 Å². The number of pyridine rings is 1. The summed E-state index contributed by atoms with van der Waals surface area (Å²) in [6, 6.07) is 12.6. The molecule has 0 bridgehead atoms. The van der Waals surface area contributed by atoms with Crippen LogP contribution >= 0.6 is 0 Å². The molecular formula is C29H30FN5O3. The molecule has 4 heterocycles. The van der Waals surface area contributed by atoms with E-state index in [0.29, 0.717) is 5.56 Å². The number of nitrogens with zero attached hydrogens (tertiary/aromatic N) is 4. The van der Waals surface area contributed by atoms with E-state index in [1.54, 1.807) is 0 Å². The molecule has 0 aliphatic carbocycles. The van der Waals surface area contributed by atoms with Crippen molar-refractivity contribution in [1.82, 2.24) is 20.1 Å². The number of aromatic nitrogens is 1. The summed E-state index contributed by atoms with van der Waals surface area (Å²) in [6.45, 7) is 4.43. The van der Waals surface area contributed by atoms with Crippen molar-refractivity contribution in [3.8, 4) is 0 Å². The van der Waals surface area contributed by atoms with Crippen molar-refractivity contribution in [2.75, 3.05) is 37.6 Å².